The molecule has 1 aromatic carbocycles. The second-order valence-corrected chi connectivity index (χ2v) is 14.4. The molecule has 6 aliphatic rings. The summed E-state index contributed by atoms with van der Waals surface area (Å²) in [5.74, 6) is 1.23. The maximum atomic E-state index is 12.7. The number of allylic oxidation sites excluding steroid dienone is 6. The van der Waals surface area contributed by atoms with Gasteiger partial charge in [0.15, 0.2) is 29.7 Å². The molecule has 7 rings (SSSR count). The van der Waals surface area contributed by atoms with Gasteiger partial charge in [-0.15, -0.1) is 19.7 Å². The Hall–Kier alpha value is -4.09. The predicted octanol–water partition coefficient (Wildman–Crippen LogP) is 6.21. The number of benzene rings is 1. The molecule has 5 atom stereocenters. The van der Waals surface area contributed by atoms with Crippen LogP contribution in [0.15, 0.2) is 97.1 Å². The topological polar surface area (TPSA) is 111 Å². The number of carbonyl (C=O) groups excluding carboxylic acids is 1. The van der Waals surface area contributed by atoms with E-state index in [1.807, 2.05) is 64.1 Å². The number of hydrogen-bond donors (Lipinski definition) is 1. The van der Waals surface area contributed by atoms with E-state index in [1.54, 1.807) is 12.2 Å². The largest absolute Gasteiger partial charge is 0.487 e. The number of rotatable bonds is 12. The zero-order valence-corrected chi connectivity index (χ0v) is 28.5. The summed E-state index contributed by atoms with van der Waals surface area (Å²) in [6.07, 6.45) is 13.2. The molecule has 260 valence electrons. The molecule has 1 aromatic rings. The first-order chi connectivity index (χ1) is 23.3. The van der Waals surface area contributed by atoms with Gasteiger partial charge in [0.2, 0.25) is 12.6 Å². The van der Waals surface area contributed by atoms with Crippen LogP contribution in [-0.2, 0) is 34.9 Å². The Kier molecular flexibility index (Phi) is 8.02. The minimum atomic E-state index is -1.41. The lowest BCUT2D eigenvalue weighted by Gasteiger charge is -2.39. The van der Waals surface area contributed by atoms with Crippen molar-refractivity contribution in [1.82, 2.24) is 0 Å². The third kappa shape index (κ3) is 5.55. The average molecular weight is 673 g/mol. The fourth-order valence-corrected chi connectivity index (χ4v) is 7.44. The highest BCUT2D eigenvalue weighted by molar-refractivity contribution is 6.06. The van der Waals surface area contributed by atoms with Gasteiger partial charge in [-0.2, -0.15) is 0 Å². The van der Waals surface area contributed by atoms with Crippen LogP contribution in [0.25, 0.3) is 0 Å². The molecule has 4 aliphatic heterocycles. The first kappa shape index (κ1) is 33.4. The third-order valence-electron chi connectivity index (χ3n) is 10.2. The molecular formula is C39H44O10. The fraction of sp³-hybridized carbons (Fsp3) is 0.462. The second kappa shape index (κ2) is 11.8. The number of carbonyl (C=O) groups is 1. The summed E-state index contributed by atoms with van der Waals surface area (Å²) in [5.41, 5.74) is -1.87. The Bertz CT molecular complexity index is 1730. The normalized spacial score (nSPS) is 31.3. The maximum absolute atomic E-state index is 12.7. The van der Waals surface area contributed by atoms with E-state index in [0.717, 1.165) is 11.1 Å². The van der Waals surface area contributed by atoms with Crippen LogP contribution < -0.4 is 14.2 Å². The van der Waals surface area contributed by atoms with Crippen molar-refractivity contribution in [1.29, 1.82) is 0 Å². The van der Waals surface area contributed by atoms with Crippen molar-refractivity contribution in [3.63, 3.8) is 0 Å². The number of hydrogen-bond acceptors (Lipinski definition) is 10. The lowest BCUT2D eigenvalue weighted by molar-refractivity contribution is -0.207. The Morgan fingerprint density at radius 3 is 2.29 bits per heavy atom. The summed E-state index contributed by atoms with van der Waals surface area (Å²) in [5, 5.41) is 11.5. The van der Waals surface area contributed by atoms with Crippen LogP contribution in [0.4, 0.5) is 0 Å². The zero-order valence-electron chi connectivity index (χ0n) is 28.5. The Labute approximate surface area is 286 Å². The minimum Gasteiger partial charge on any atom is -0.487 e. The number of ether oxygens (including phenoxy) is 8. The highest BCUT2D eigenvalue weighted by Gasteiger charge is 2.68. The molecule has 3 saturated heterocycles. The van der Waals surface area contributed by atoms with Gasteiger partial charge in [-0.25, -0.2) is 0 Å². The van der Waals surface area contributed by atoms with Gasteiger partial charge in [0.05, 0.1) is 0 Å². The molecule has 0 aromatic heterocycles. The van der Waals surface area contributed by atoms with E-state index in [0.29, 0.717) is 54.3 Å². The highest BCUT2D eigenvalue weighted by Crippen LogP contribution is 2.56. The Morgan fingerprint density at radius 1 is 0.857 bits per heavy atom. The van der Waals surface area contributed by atoms with Crippen molar-refractivity contribution >= 4 is 5.78 Å². The molecule has 49 heavy (non-hydrogen) atoms. The molecule has 2 aliphatic carbocycles. The molecule has 4 heterocycles. The third-order valence-corrected chi connectivity index (χ3v) is 10.2. The predicted molar refractivity (Wildman–Crippen MR) is 180 cm³/mol. The molecule has 1 N–H and O–H groups in total. The van der Waals surface area contributed by atoms with Crippen LogP contribution >= 0.6 is 0 Å². The molecule has 0 radical (unpaired) electrons. The van der Waals surface area contributed by atoms with E-state index in [4.69, 9.17) is 37.9 Å². The Balaban J connectivity index is 1.16. The van der Waals surface area contributed by atoms with Crippen molar-refractivity contribution in [3.05, 3.63) is 103 Å². The number of fused-ring (bicyclic) bond motifs is 2. The standard InChI is InChI=1S/C39H44O10/c1-8-11-24-14-29-30(43-22-42-29)16-28(24)47-36(6,7)34-21-38-18-26(13-10-3)31(19-39(38,49-34)45-23-44-38)48-35(4,5)33-20-37(41)17-25(12-9-2)27(40)15-32(37)46-33/h8-10,14-19,33-34,41H,1-3,11-13,20-23H2,4-7H3/t33-,34-,37+,38+,39-/m1/s1. The van der Waals surface area contributed by atoms with E-state index in [-0.39, 0.29) is 31.5 Å². The summed E-state index contributed by atoms with van der Waals surface area (Å²) in [4.78, 5) is 12.7. The van der Waals surface area contributed by atoms with Gasteiger partial charge in [-0.05, 0) is 70.7 Å². The summed E-state index contributed by atoms with van der Waals surface area (Å²) < 4.78 is 50.4. The molecule has 3 fully saturated rings. The Morgan fingerprint density at radius 2 is 1.55 bits per heavy atom. The number of ketones is 1. The van der Waals surface area contributed by atoms with Crippen LogP contribution in [0.1, 0.15) is 58.9 Å². The van der Waals surface area contributed by atoms with Gasteiger partial charge in [0.25, 0.3) is 0 Å². The maximum Gasteiger partial charge on any atom is 0.231 e. The van der Waals surface area contributed by atoms with Gasteiger partial charge >= 0.3 is 0 Å². The van der Waals surface area contributed by atoms with Crippen LogP contribution in [0.3, 0.4) is 0 Å². The molecule has 10 heteroatoms. The second-order valence-electron chi connectivity index (χ2n) is 14.4. The minimum absolute atomic E-state index is 0.0328. The van der Waals surface area contributed by atoms with E-state index < -0.39 is 40.4 Å². The molecule has 0 spiro atoms. The molecule has 0 bridgehead atoms. The molecule has 0 unspecified atom stereocenters. The van der Waals surface area contributed by atoms with Gasteiger partial charge in [0, 0.05) is 42.2 Å². The van der Waals surface area contributed by atoms with Crippen LogP contribution in [0.5, 0.6) is 17.2 Å². The van der Waals surface area contributed by atoms with Crippen LogP contribution in [0, 0.1) is 0 Å². The van der Waals surface area contributed by atoms with Crippen molar-refractivity contribution in [2.24, 2.45) is 0 Å². The summed E-state index contributed by atoms with van der Waals surface area (Å²) in [6.45, 7) is 19.6. The van der Waals surface area contributed by atoms with E-state index >= 15 is 0 Å². The smallest absolute Gasteiger partial charge is 0.231 e. The summed E-state index contributed by atoms with van der Waals surface area (Å²) in [7, 11) is 0. The van der Waals surface area contributed by atoms with Crippen LogP contribution in [-0.4, -0.2) is 64.9 Å². The van der Waals surface area contributed by atoms with Gasteiger partial charge in [-0.1, -0.05) is 18.2 Å². The molecular weight excluding hydrogens is 628 g/mol. The lowest BCUT2D eigenvalue weighted by Crippen LogP contribution is -2.49. The van der Waals surface area contributed by atoms with E-state index in [9.17, 15) is 9.90 Å². The average Bonchev–Trinajstić information content (AvgIpc) is 3.78. The van der Waals surface area contributed by atoms with E-state index in [1.165, 1.54) is 6.08 Å². The van der Waals surface area contributed by atoms with Gasteiger partial charge < -0.3 is 43.0 Å². The quantitative estimate of drug-likeness (QED) is 0.257. The first-order valence-electron chi connectivity index (χ1n) is 16.7. The molecule has 0 saturated carbocycles. The van der Waals surface area contributed by atoms with Gasteiger partial charge in [-0.3, -0.25) is 4.79 Å². The van der Waals surface area contributed by atoms with Gasteiger partial charge in [0.1, 0.15) is 46.3 Å². The SMILES string of the molecule is C=CCC1=C[C@]2(O)C[C@H](C(C)(C)OC3=C[C@]45OCO[C@@]4(C=C3CC=C)C[C@H](C(C)(C)Oc3cc4c(cc3CC=C)OCO4)O5)OC2=CC1=O. The van der Waals surface area contributed by atoms with Crippen molar-refractivity contribution in [2.75, 3.05) is 13.6 Å². The summed E-state index contributed by atoms with van der Waals surface area (Å²) in [6, 6.07) is 3.78. The lowest BCUT2D eigenvalue weighted by atomic mass is 9.80. The molecule has 10 nitrogen and oxygen atoms in total. The van der Waals surface area contributed by atoms with Crippen molar-refractivity contribution < 1.29 is 47.8 Å². The van der Waals surface area contributed by atoms with E-state index in [2.05, 4.69) is 19.7 Å². The molecule has 0 amide bonds. The van der Waals surface area contributed by atoms with Crippen molar-refractivity contribution in [3.8, 4) is 17.2 Å². The van der Waals surface area contributed by atoms with Crippen LogP contribution in [0.2, 0.25) is 0 Å². The number of aliphatic hydroxyl groups is 1. The fourth-order valence-electron chi connectivity index (χ4n) is 7.44. The first-order valence-corrected chi connectivity index (χ1v) is 16.7. The highest BCUT2D eigenvalue weighted by atomic mass is 16.8. The summed E-state index contributed by atoms with van der Waals surface area (Å²) >= 11 is 0. The monoisotopic (exact) mass is 672 g/mol. The zero-order chi connectivity index (χ0) is 34.8. The van der Waals surface area contributed by atoms with Crippen molar-refractivity contribution in [2.45, 2.75) is 100 Å².